The molecule has 0 atom stereocenters. The van der Waals surface area contributed by atoms with Gasteiger partial charge in [0.1, 0.15) is 25.2 Å². The molecule has 0 aliphatic rings. The molecule has 0 saturated carbocycles. The summed E-state index contributed by atoms with van der Waals surface area (Å²) in [5.74, 6) is 0.321. The van der Waals surface area contributed by atoms with E-state index < -0.39 is 0 Å². The molecule has 7 heteroatoms. The van der Waals surface area contributed by atoms with Crippen molar-refractivity contribution in [1.29, 1.82) is 0 Å². The smallest absolute Gasteiger partial charge is 0.227 e. The molecular formula is C14H17BrN2O4. The number of hydrogen-bond acceptors (Lipinski definition) is 5. The van der Waals surface area contributed by atoms with E-state index in [1.54, 1.807) is 0 Å². The second-order valence-corrected chi connectivity index (χ2v) is 5.19. The third-order valence-electron chi connectivity index (χ3n) is 3.07. The standard InChI is InChI=1S/C14H17BrN2O4/c1-3-10-14(15)11(17(4-2)16-10)7-21-13-8-20-9(6-18)5-12(13)19/h5,8,18H,3-4,6-7H2,1-2H3. The molecule has 0 aliphatic carbocycles. The second-order valence-electron chi connectivity index (χ2n) is 4.40. The van der Waals surface area contributed by atoms with Gasteiger partial charge in [-0.25, -0.2) is 0 Å². The van der Waals surface area contributed by atoms with Crippen molar-refractivity contribution in [3.05, 3.63) is 44.2 Å². The largest absolute Gasteiger partial charge is 0.480 e. The quantitative estimate of drug-likeness (QED) is 0.858. The van der Waals surface area contributed by atoms with Crippen molar-refractivity contribution in [2.45, 2.75) is 40.0 Å². The molecule has 0 amide bonds. The SMILES string of the molecule is CCc1nn(CC)c(COc2coc(CO)cc2=O)c1Br. The van der Waals surface area contributed by atoms with Gasteiger partial charge < -0.3 is 14.3 Å². The summed E-state index contributed by atoms with van der Waals surface area (Å²) in [6, 6.07) is 1.22. The molecule has 21 heavy (non-hydrogen) atoms. The summed E-state index contributed by atoms with van der Waals surface area (Å²) < 4.78 is 13.4. The first-order valence-electron chi connectivity index (χ1n) is 6.70. The predicted octanol–water partition coefficient (Wildman–Crippen LogP) is 2.25. The highest BCUT2D eigenvalue weighted by Gasteiger charge is 2.15. The fourth-order valence-corrected chi connectivity index (χ4v) is 2.61. The molecule has 0 bridgehead atoms. The Bertz CT molecular complexity index is 678. The molecule has 0 aromatic carbocycles. The molecule has 2 rings (SSSR count). The van der Waals surface area contributed by atoms with Crippen LogP contribution in [0.5, 0.6) is 5.75 Å². The van der Waals surface area contributed by atoms with Crippen molar-refractivity contribution in [1.82, 2.24) is 9.78 Å². The topological polar surface area (TPSA) is 77.5 Å². The zero-order valence-corrected chi connectivity index (χ0v) is 13.5. The monoisotopic (exact) mass is 356 g/mol. The number of rotatable bonds is 6. The third kappa shape index (κ3) is 3.36. The van der Waals surface area contributed by atoms with Gasteiger partial charge in [0.2, 0.25) is 11.2 Å². The third-order valence-corrected chi connectivity index (χ3v) is 3.98. The first-order chi connectivity index (χ1) is 10.1. The van der Waals surface area contributed by atoms with Crippen LogP contribution >= 0.6 is 15.9 Å². The predicted molar refractivity (Wildman–Crippen MR) is 80.2 cm³/mol. The first kappa shape index (κ1) is 15.8. The molecule has 114 valence electrons. The van der Waals surface area contributed by atoms with E-state index in [1.165, 1.54) is 12.3 Å². The lowest BCUT2D eigenvalue weighted by atomic mass is 10.3. The van der Waals surface area contributed by atoms with Gasteiger partial charge in [0, 0.05) is 12.6 Å². The molecule has 0 radical (unpaired) electrons. The maximum Gasteiger partial charge on any atom is 0.227 e. The molecule has 2 aromatic heterocycles. The Morgan fingerprint density at radius 1 is 1.48 bits per heavy atom. The zero-order valence-electron chi connectivity index (χ0n) is 11.9. The molecule has 0 saturated heterocycles. The normalized spacial score (nSPS) is 10.9. The Balaban J connectivity index is 2.20. The van der Waals surface area contributed by atoms with E-state index in [-0.39, 0.29) is 30.2 Å². The highest BCUT2D eigenvalue weighted by molar-refractivity contribution is 9.10. The minimum Gasteiger partial charge on any atom is -0.480 e. The number of ether oxygens (including phenoxy) is 1. The van der Waals surface area contributed by atoms with Crippen LogP contribution in [0.4, 0.5) is 0 Å². The van der Waals surface area contributed by atoms with Crippen LogP contribution in [0.1, 0.15) is 31.0 Å². The summed E-state index contributed by atoms with van der Waals surface area (Å²) in [6.45, 7) is 4.64. The molecule has 6 nitrogen and oxygen atoms in total. The van der Waals surface area contributed by atoms with E-state index in [1.807, 2.05) is 18.5 Å². The lowest BCUT2D eigenvalue weighted by Gasteiger charge is -2.07. The molecule has 2 aromatic rings. The summed E-state index contributed by atoms with van der Waals surface area (Å²) in [5, 5.41) is 13.4. The fraction of sp³-hybridized carbons (Fsp3) is 0.429. The zero-order chi connectivity index (χ0) is 15.4. The van der Waals surface area contributed by atoms with E-state index in [0.29, 0.717) is 0 Å². The Morgan fingerprint density at radius 2 is 2.24 bits per heavy atom. The molecule has 0 aliphatic heterocycles. The van der Waals surface area contributed by atoms with Gasteiger partial charge >= 0.3 is 0 Å². The maximum absolute atomic E-state index is 11.8. The lowest BCUT2D eigenvalue weighted by Crippen LogP contribution is -2.11. The minimum absolute atomic E-state index is 0.112. The number of aromatic nitrogens is 2. The van der Waals surface area contributed by atoms with Crippen molar-refractivity contribution in [3.63, 3.8) is 0 Å². The lowest BCUT2D eigenvalue weighted by molar-refractivity contribution is 0.234. The molecule has 1 N–H and O–H groups in total. The molecule has 0 unspecified atom stereocenters. The first-order valence-corrected chi connectivity index (χ1v) is 7.49. The summed E-state index contributed by atoms with van der Waals surface area (Å²) in [6.07, 6.45) is 2.03. The van der Waals surface area contributed by atoms with E-state index >= 15 is 0 Å². The Hall–Kier alpha value is -1.60. The number of aliphatic hydroxyl groups is 1. The van der Waals surface area contributed by atoms with Gasteiger partial charge in [-0.05, 0) is 29.3 Å². The summed E-state index contributed by atoms with van der Waals surface area (Å²) in [4.78, 5) is 11.8. The fourth-order valence-electron chi connectivity index (χ4n) is 1.93. The van der Waals surface area contributed by atoms with Gasteiger partial charge in [0.15, 0.2) is 0 Å². The van der Waals surface area contributed by atoms with Crippen LogP contribution in [-0.4, -0.2) is 14.9 Å². The van der Waals surface area contributed by atoms with Crippen molar-refractivity contribution in [3.8, 4) is 5.75 Å². The van der Waals surface area contributed by atoms with Crippen LogP contribution in [-0.2, 0) is 26.2 Å². The van der Waals surface area contributed by atoms with Gasteiger partial charge in [-0.1, -0.05) is 6.92 Å². The van der Waals surface area contributed by atoms with E-state index in [9.17, 15) is 4.79 Å². The van der Waals surface area contributed by atoms with Gasteiger partial charge in [-0.3, -0.25) is 9.48 Å². The van der Waals surface area contributed by atoms with Crippen molar-refractivity contribution in [2.24, 2.45) is 0 Å². The molecule has 0 spiro atoms. The Kier molecular flexibility index (Phi) is 5.19. The second kappa shape index (κ2) is 6.91. The average Bonchev–Trinajstić information content (AvgIpc) is 2.81. The van der Waals surface area contributed by atoms with Crippen LogP contribution in [0, 0.1) is 0 Å². The average molecular weight is 357 g/mol. The number of aliphatic hydroxyl groups excluding tert-OH is 1. The van der Waals surface area contributed by atoms with Gasteiger partial charge in [-0.2, -0.15) is 5.10 Å². The highest BCUT2D eigenvalue weighted by atomic mass is 79.9. The number of hydrogen-bond donors (Lipinski definition) is 1. The number of halogens is 1. The molecule has 0 fully saturated rings. The number of nitrogens with zero attached hydrogens (tertiary/aromatic N) is 2. The summed E-state index contributed by atoms with van der Waals surface area (Å²) in [7, 11) is 0. The van der Waals surface area contributed by atoms with E-state index in [4.69, 9.17) is 14.3 Å². The summed E-state index contributed by atoms with van der Waals surface area (Å²) >= 11 is 3.52. The highest BCUT2D eigenvalue weighted by Crippen LogP contribution is 2.23. The van der Waals surface area contributed by atoms with Crippen LogP contribution in [0.2, 0.25) is 0 Å². The van der Waals surface area contributed by atoms with Crippen LogP contribution < -0.4 is 10.2 Å². The van der Waals surface area contributed by atoms with Crippen molar-refractivity contribution in [2.75, 3.05) is 0 Å². The Labute approximate surface area is 130 Å². The van der Waals surface area contributed by atoms with Gasteiger partial charge in [0.05, 0.1) is 15.9 Å². The van der Waals surface area contributed by atoms with Gasteiger partial charge in [-0.15, -0.1) is 0 Å². The van der Waals surface area contributed by atoms with E-state index in [0.717, 1.165) is 28.8 Å². The minimum atomic E-state index is -0.320. The molecule has 2 heterocycles. The van der Waals surface area contributed by atoms with E-state index in [2.05, 4.69) is 21.0 Å². The van der Waals surface area contributed by atoms with Crippen LogP contribution in [0.25, 0.3) is 0 Å². The Morgan fingerprint density at radius 3 is 2.81 bits per heavy atom. The van der Waals surface area contributed by atoms with Crippen LogP contribution in [0.3, 0.4) is 0 Å². The van der Waals surface area contributed by atoms with Gasteiger partial charge in [0.25, 0.3) is 0 Å². The summed E-state index contributed by atoms with van der Waals surface area (Å²) in [5.41, 5.74) is 1.51. The van der Waals surface area contributed by atoms with Crippen molar-refractivity contribution >= 4 is 15.9 Å². The maximum atomic E-state index is 11.8. The molecular weight excluding hydrogens is 340 g/mol. The van der Waals surface area contributed by atoms with Crippen molar-refractivity contribution < 1.29 is 14.3 Å². The van der Waals surface area contributed by atoms with Crippen LogP contribution in [0.15, 0.2) is 26.0 Å². The number of aryl methyl sites for hydroxylation is 2.